The Labute approximate surface area is 112 Å². The summed E-state index contributed by atoms with van der Waals surface area (Å²) in [6, 6.07) is 0. The Morgan fingerprint density at radius 2 is 2.21 bits per heavy atom. The monoisotopic (exact) mass is 309 g/mol. The van der Waals surface area contributed by atoms with Gasteiger partial charge in [0, 0.05) is 5.38 Å². The van der Waals surface area contributed by atoms with Crippen molar-refractivity contribution in [1.29, 1.82) is 0 Å². The van der Waals surface area contributed by atoms with E-state index in [1.54, 1.807) is 4.72 Å². The SMILES string of the molecule is CCOC(=O)NS(=O)(=O)Nc1nc(CC(=O)O)cs1. The molecule has 19 heavy (non-hydrogen) atoms. The van der Waals surface area contributed by atoms with Crippen LogP contribution >= 0.6 is 11.3 Å². The highest BCUT2D eigenvalue weighted by Crippen LogP contribution is 2.16. The Kier molecular flexibility index (Phi) is 5.06. The van der Waals surface area contributed by atoms with Crippen molar-refractivity contribution >= 4 is 38.7 Å². The van der Waals surface area contributed by atoms with E-state index in [2.05, 4.69) is 9.72 Å². The fourth-order valence-corrected chi connectivity index (χ4v) is 2.68. The highest BCUT2D eigenvalue weighted by molar-refractivity contribution is 7.91. The number of hydrogen-bond acceptors (Lipinski definition) is 7. The number of carbonyl (C=O) groups excluding carboxylic acids is 1. The van der Waals surface area contributed by atoms with Gasteiger partial charge in [0.25, 0.3) is 0 Å². The largest absolute Gasteiger partial charge is 0.481 e. The van der Waals surface area contributed by atoms with E-state index < -0.39 is 22.3 Å². The molecule has 0 unspecified atom stereocenters. The number of carbonyl (C=O) groups is 2. The number of hydrogen-bond donors (Lipinski definition) is 3. The summed E-state index contributed by atoms with van der Waals surface area (Å²) in [5.41, 5.74) is 0.214. The van der Waals surface area contributed by atoms with Gasteiger partial charge in [-0.1, -0.05) is 0 Å². The number of rotatable bonds is 6. The molecule has 0 aliphatic rings. The molecule has 106 valence electrons. The number of ether oxygens (including phenoxy) is 1. The summed E-state index contributed by atoms with van der Waals surface area (Å²) in [6.07, 6.45) is -1.43. The predicted molar refractivity (Wildman–Crippen MR) is 66.2 cm³/mol. The van der Waals surface area contributed by atoms with Crippen molar-refractivity contribution in [1.82, 2.24) is 9.71 Å². The number of nitrogens with one attached hydrogen (secondary N) is 2. The molecule has 1 rings (SSSR count). The summed E-state index contributed by atoms with van der Waals surface area (Å²) in [7, 11) is -4.15. The van der Waals surface area contributed by atoms with Crippen molar-refractivity contribution in [3.63, 3.8) is 0 Å². The van der Waals surface area contributed by atoms with Crippen LogP contribution in [-0.2, 0) is 26.2 Å². The van der Waals surface area contributed by atoms with Gasteiger partial charge < -0.3 is 9.84 Å². The lowest BCUT2D eigenvalue weighted by Gasteiger charge is -2.06. The van der Waals surface area contributed by atoms with Crippen molar-refractivity contribution in [2.24, 2.45) is 0 Å². The first kappa shape index (κ1) is 15.2. The van der Waals surface area contributed by atoms with Crippen LogP contribution in [0, 0.1) is 0 Å². The third-order valence-electron chi connectivity index (χ3n) is 1.60. The van der Waals surface area contributed by atoms with E-state index in [1.807, 2.05) is 4.72 Å². The third kappa shape index (κ3) is 5.52. The summed E-state index contributed by atoms with van der Waals surface area (Å²) >= 11 is 0.902. The molecular formula is C8H11N3O6S2. The smallest absolute Gasteiger partial charge is 0.422 e. The van der Waals surface area contributed by atoms with Crippen LogP contribution < -0.4 is 9.44 Å². The number of carboxylic acid groups (broad SMARTS) is 1. The highest BCUT2D eigenvalue weighted by Gasteiger charge is 2.17. The quantitative estimate of drug-likeness (QED) is 0.681. The lowest BCUT2D eigenvalue weighted by Crippen LogP contribution is -2.35. The average molecular weight is 309 g/mol. The maximum absolute atomic E-state index is 11.4. The molecule has 0 saturated carbocycles. The number of aliphatic carboxylic acids is 1. The Hall–Kier alpha value is -1.88. The van der Waals surface area contributed by atoms with Crippen LogP contribution in [-0.4, -0.2) is 37.2 Å². The zero-order valence-corrected chi connectivity index (χ0v) is 11.4. The molecule has 9 nitrogen and oxygen atoms in total. The first-order chi connectivity index (χ1) is 8.82. The van der Waals surface area contributed by atoms with Gasteiger partial charge in [-0.3, -0.25) is 4.79 Å². The standard InChI is InChI=1S/C8H11N3O6S2/c1-2-17-8(14)11-19(15,16)10-7-9-5(4-18-7)3-6(12)13/h4H,2-3H2,1H3,(H,9,10)(H,11,14)(H,12,13). The summed E-state index contributed by atoms with van der Waals surface area (Å²) in [5, 5.41) is 9.89. The maximum atomic E-state index is 11.4. The summed E-state index contributed by atoms with van der Waals surface area (Å²) in [5.74, 6) is -1.08. The van der Waals surface area contributed by atoms with Crippen molar-refractivity contribution in [3.8, 4) is 0 Å². The molecule has 1 amide bonds. The first-order valence-electron chi connectivity index (χ1n) is 4.96. The van der Waals surface area contributed by atoms with Gasteiger partial charge in [-0.25, -0.2) is 19.2 Å². The lowest BCUT2D eigenvalue weighted by molar-refractivity contribution is -0.136. The van der Waals surface area contributed by atoms with Crippen molar-refractivity contribution < 1.29 is 27.9 Å². The molecular weight excluding hydrogens is 298 g/mol. The van der Waals surface area contributed by atoms with Crippen molar-refractivity contribution in [2.75, 3.05) is 11.3 Å². The number of carboxylic acids is 1. The lowest BCUT2D eigenvalue weighted by atomic mass is 10.3. The molecule has 0 aromatic carbocycles. The minimum Gasteiger partial charge on any atom is -0.481 e. The third-order valence-corrected chi connectivity index (χ3v) is 3.43. The molecule has 1 aromatic rings. The van der Waals surface area contributed by atoms with Crippen LogP contribution in [0.1, 0.15) is 12.6 Å². The van der Waals surface area contributed by atoms with Crippen LogP contribution in [0.2, 0.25) is 0 Å². The molecule has 11 heteroatoms. The molecule has 0 aliphatic carbocycles. The number of anilines is 1. The molecule has 3 N–H and O–H groups in total. The fraction of sp³-hybridized carbons (Fsp3) is 0.375. The molecule has 0 radical (unpaired) electrons. The van der Waals surface area contributed by atoms with Crippen LogP contribution in [0.25, 0.3) is 0 Å². The van der Waals surface area contributed by atoms with Crippen LogP contribution in [0.15, 0.2) is 5.38 Å². The van der Waals surface area contributed by atoms with Gasteiger partial charge in [-0.15, -0.1) is 11.3 Å². The Balaban J connectivity index is 2.65. The van der Waals surface area contributed by atoms with Gasteiger partial charge in [0.1, 0.15) is 0 Å². The molecule has 0 atom stereocenters. The second kappa shape index (κ2) is 6.33. The van der Waals surface area contributed by atoms with Crippen LogP contribution in [0.4, 0.5) is 9.93 Å². The van der Waals surface area contributed by atoms with Gasteiger partial charge in [-0.05, 0) is 6.92 Å². The Morgan fingerprint density at radius 3 is 2.79 bits per heavy atom. The molecule has 0 fully saturated rings. The zero-order valence-electron chi connectivity index (χ0n) is 9.74. The van der Waals surface area contributed by atoms with Crippen LogP contribution in [0.5, 0.6) is 0 Å². The maximum Gasteiger partial charge on any atom is 0.422 e. The van der Waals surface area contributed by atoms with E-state index in [9.17, 15) is 18.0 Å². The summed E-state index contributed by atoms with van der Waals surface area (Å²) in [4.78, 5) is 25.1. The zero-order chi connectivity index (χ0) is 14.5. The molecule has 1 aromatic heterocycles. The second-order valence-electron chi connectivity index (χ2n) is 3.14. The minimum atomic E-state index is -4.15. The van der Waals surface area contributed by atoms with E-state index >= 15 is 0 Å². The normalized spacial score (nSPS) is 10.8. The van der Waals surface area contributed by atoms with Gasteiger partial charge in [0.2, 0.25) is 0 Å². The predicted octanol–water partition coefficient (Wildman–Crippen LogP) is 0.173. The van der Waals surface area contributed by atoms with Gasteiger partial charge in [-0.2, -0.15) is 8.42 Å². The van der Waals surface area contributed by atoms with Crippen molar-refractivity contribution in [2.45, 2.75) is 13.3 Å². The number of nitrogens with zero attached hydrogens (tertiary/aromatic N) is 1. The van der Waals surface area contributed by atoms with Gasteiger partial charge in [0.05, 0.1) is 18.7 Å². The molecule has 0 bridgehead atoms. The molecule has 1 heterocycles. The fourth-order valence-electron chi connectivity index (χ4n) is 1.00. The Morgan fingerprint density at radius 1 is 1.53 bits per heavy atom. The number of thiazole rings is 1. The summed E-state index contributed by atoms with van der Waals surface area (Å²) < 4.78 is 30.9. The Bertz CT molecular complexity index is 567. The van der Waals surface area contributed by atoms with E-state index in [1.165, 1.54) is 12.3 Å². The van der Waals surface area contributed by atoms with Gasteiger partial charge >= 0.3 is 22.3 Å². The van der Waals surface area contributed by atoms with E-state index in [0.717, 1.165) is 11.3 Å². The summed E-state index contributed by atoms with van der Waals surface area (Å²) in [6.45, 7) is 1.56. The average Bonchev–Trinajstić information content (AvgIpc) is 2.62. The first-order valence-corrected chi connectivity index (χ1v) is 7.32. The molecule has 0 spiro atoms. The number of amides is 1. The van der Waals surface area contributed by atoms with Gasteiger partial charge in [0.15, 0.2) is 5.13 Å². The van der Waals surface area contributed by atoms with E-state index in [-0.39, 0.29) is 23.9 Å². The second-order valence-corrected chi connectivity index (χ2v) is 5.42. The van der Waals surface area contributed by atoms with Crippen LogP contribution in [0.3, 0.4) is 0 Å². The van der Waals surface area contributed by atoms with E-state index in [4.69, 9.17) is 5.11 Å². The van der Waals surface area contributed by atoms with Crippen molar-refractivity contribution in [3.05, 3.63) is 11.1 Å². The molecule has 0 saturated heterocycles. The molecule has 0 aliphatic heterocycles. The highest BCUT2D eigenvalue weighted by atomic mass is 32.2. The minimum absolute atomic E-state index is 0.0291. The number of aromatic nitrogens is 1. The van der Waals surface area contributed by atoms with E-state index in [0.29, 0.717) is 0 Å². The topological polar surface area (TPSA) is 135 Å².